The summed E-state index contributed by atoms with van der Waals surface area (Å²) in [5, 5.41) is 10.6. The molecule has 3 aromatic rings. The Morgan fingerprint density at radius 2 is 2.00 bits per heavy atom. The van der Waals surface area contributed by atoms with Crippen LogP contribution in [0.3, 0.4) is 0 Å². The van der Waals surface area contributed by atoms with E-state index in [0.29, 0.717) is 35.5 Å². The van der Waals surface area contributed by atoms with Crippen molar-refractivity contribution >= 4 is 84.5 Å². The Kier molecular flexibility index (Phi) is 8.32. The van der Waals surface area contributed by atoms with Crippen LogP contribution < -0.4 is 19.6 Å². The Balaban J connectivity index is 2.03. The predicted molar refractivity (Wildman–Crippen MR) is 159 cm³/mol. The highest BCUT2D eigenvalue weighted by atomic mass is 127. The van der Waals surface area contributed by atoms with Gasteiger partial charge in [0.25, 0.3) is 5.56 Å². The van der Waals surface area contributed by atoms with Crippen molar-refractivity contribution in [1.29, 1.82) is 0 Å². The smallest absolute Gasteiger partial charge is 0.338 e. The van der Waals surface area contributed by atoms with E-state index in [1.165, 1.54) is 15.9 Å². The fraction of sp³-hybridized carbons (Fsp3) is 0.240. The quantitative estimate of drug-likeness (QED) is 0.294. The highest BCUT2D eigenvalue weighted by Gasteiger charge is 2.35. The number of carbonyl (C=O) groups excluding carboxylic acids is 1. The molecule has 1 aliphatic rings. The van der Waals surface area contributed by atoms with Crippen molar-refractivity contribution in [2.45, 2.75) is 32.9 Å². The molecule has 0 spiro atoms. The number of nitrogens with zero attached hydrogens (tertiary/aromatic N) is 2. The molecule has 4 rings (SSSR count). The van der Waals surface area contributed by atoms with Gasteiger partial charge in [-0.15, -0.1) is 0 Å². The number of ether oxygens (including phenoxy) is 2. The van der Waals surface area contributed by atoms with E-state index in [-0.39, 0.29) is 23.0 Å². The second-order valence-corrected chi connectivity index (χ2v) is 12.6. The Hall–Kier alpha value is -1.71. The van der Waals surface area contributed by atoms with Gasteiger partial charge in [0.05, 0.1) is 32.6 Å². The van der Waals surface area contributed by atoms with Crippen molar-refractivity contribution in [2.75, 3.05) is 7.11 Å². The number of hydrogen-bond acceptors (Lipinski definition) is 7. The van der Waals surface area contributed by atoms with Crippen molar-refractivity contribution in [3.63, 3.8) is 0 Å². The summed E-state index contributed by atoms with van der Waals surface area (Å²) in [7, 11) is 1.54. The molecule has 2 aromatic carbocycles. The fourth-order valence-electron chi connectivity index (χ4n) is 3.91. The second kappa shape index (κ2) is 11.0. The topological polar surface area (TPSA) is 90.1 Å². The molecule has 2 heterocycles. The van der Waals surface area contributed by atoms with Crippen LogP contribution in [-0.4, -0.2) is 28.9 Å². The van der Waals surface area contributed by atoms with Gasteiger partial charge in [0, 0.05) is 19.2 Å². The first-order valence-corrected chi connectivity index (χ1v) is 14.5. The number of fused-ring (bicyclic) bond motifs is 1. The molecular formula is C25H21BrI2N2O5S. The number of aromatic nitrogens is 1. The second-order valence-electron chi connectivity index (χ2n) is 8.25. The minimum absolute atomic E-state index is 0.101. The molecule has 1 aromatic heterocycles. The summed E-state index contributed by atoms with van der Waals surface area (Å²) >= 11 is 8.93. The third-order valence-electron chi connectivity index (χ3n) is 5.41. The Morgan fingerprint density at radius 3 is 2.67 bits per heavy atom. The molecule has 7 nitrogen and oxygen atoms in total. The van der Waals surface area contributed by atoms with Crippen LogP contribution in [-0.2, 0) is 9.53 Å². The molecule has 0 amide bonds. The molecule has 0 radical (unpaired) electrons. The average Bonchev–Trinajstić information content (AvgIpc) is 3.10. The van der Waals surface area contributed by atoms with E-state index >= 15 is 0 Å². The highest BCUT2D eigenvalue weighted by molar-refractivity contribution is 14.1. The zero-order chi connectivity index (χ0) is 26.3. The van der Waals surface area contributed by atoms with Crippen molar-refractivity contribution < 1.29 is 19.4 Å². The maximum Gasteiger partial charge on any atom is 0.338 e. The van der Waals surface area contributed by atoms with Crippen LogP contribution in [0.5, 0.6) is 11.5 Å². The number of hydrogen-bond donors (Lipinski definition) is 1. The molecule has 1 N–H and O–H groups in total. The van der Waals surface area contributed by atoms with E-state index in [0.717, 1.165) is 8.04 Å². The zero-order valence-corrected chi connectivity index (χ0v) is 26.4. The van der Waals surface area contributed by atoms with E-state index < -0.39 is 12.0 Å². The lowest BCUT2D eigenvalue weighted by Crippen LogP contribution is -2.40. The Morgan fingerprint density at radius 1 is 1.28 bits per heavy atom. The first-order valence-electron chi connectivity index (χ1n) is 10.8. The standard InChI is InChI=1S/C25H21BrI2N2O5S/c1-11(2)35-24(33)20-12(3)29-25-30(21(20)16-9-14(26)5-6-18(16)34-4)23(32)19(36-25)8-13-7-15(27)10-17(28)22(13)31/h5-11,21,31H,1-4H3/b19-8-/t21-/m0/s1. The van der Waals surface area contributed by atoms with Crippen LogP contribution in [0.2, 0.25) is 0 Å². The lowest BCUT2D eigenvalue weighted by molar-refractivity contribution is -0.143. The summed E-state index contributed by atoms with van der Waals surface area (Å²) in [5.74, 6) is 0.0777. The molecule has 0 aliphatic carbocycles. The number of carbonyl (C=O) groups is 1. The number of aromatic hydroxyl groups is 1. The number of phenols is 1. The van der Waals surface area contributed by atoms with Gasteiger partial charge < -0.3 is 14.6 Å². The molecule has 0 unspecified atom stereocenters. The largest absolute Gasteiger partial charge is 0.506 e. The van der Waals surface area contributed by atoms with E-state index in [2.05, 4.69) is 66.1 Å². The van der Waals surface area contributed by atoms with E-state index in [1.807, 2.05) is 24.3 Å². The fourth-order valence-corrected chi connectivity index (χ4v) is 7.22. The molecule has 0 bridgehead atoms. The van der Waals surface area contributed by atoms with Crippen molar-refractivity contribution in [2.24, 2.45) is 4.99 Å². The summed E-state index contributed by atoms with van der Waals surface area (Å²) in [6, 6.07) is 8.28. The summed E-state index contributed by atoms with van der Waals surface area (Å²) in [5.41, 5.74) is 1.55. The van der Waals surface area contributed by atoms with Crippen LogP contribution in [0, 0.1) is 7.14 Å². The van der Waals surface area contributed by atoms with Gasteiger partial charge in [0.2, 0.25) is 0 Å². The third-order valence-corrected chi connectivity index (χ3v) is 8.34. The van der Waals surface area contributed by atoms with Gasteiger partial charge in [-0.05, 0) is 102 Å². The normalized spacial score (nSPS) is 15.7. The maximum absolute atomic E-state index is 13.8. The molecule has 1 atom stereocenters. The van der Waals surface area contributed by atoms with Crippen LogP contribution >= 0.6 is 72.4 Å². The molecule has 11 heteroatoms. The van der Waals surface area contributed by atoms with Gasteiger partial charge in [0.1, 0.15) is 17.5 Å². The zero-order valence-electron chi connectivity index (χ0n) is 19.6. The monoisotopic (exact) mass is 794 g/mol. The van der Waals surface area contributed by atoms with Gasteiger partial charge in [-0.25, -0.2) is 9.79 Å². The maximum atomic E-state index is 13.8. The predicted octanol–water partition coefficient (Wildman–Crippen LogP) is 4.87. The molecule has 0 saturated heterocycles. The minimum atomic E-state index is -0.813. The number of thiazole rings is 1. The van der Waals surface area contributed by atoms with Crippen molar-refractivity contribution in [1.82, 2.24) is 4.57 Å². The number of benzene rings is 2. The first-order chi connectivity index (χ1) is 17.0. The molecule has 188 valence electrons. The lowest BCUT2D eigenvalue weighted by Gasteiger charge is -2.26. The number of methoxy groups -OCH3 is 1. The average molecular weight is 795 g/mol. The van der Waals surface area contributed by atoms with E-state index in [9.17, 15) is 14.7 Å². The van der Waals surface area contributed by atoms with Crippen LogP contribution in [0.4, 0.5) is 0 Å². The Labute approximate surface area is 247 Å². The summed E-state index contributed by atoms with van der Waals surface area (Å²) in [6.45, 7) is 5.28. The molecule has 36 heavy (non-hydrogen) atoms. The van der Waals surface area contributed by atoms with Gasteiger partial charge in [0.15, 0.2) is 4.80 Å². The van der Waals surface area contributed by atoms with Gasteiger partial charge in [-0.2, -0.15) is 0 Å². The highest BCUT2D eigenvalue weighted by Crippen LogP contribution is 2.37. The van der Waals surface area contributed by atoms with Crippen LogP contribution in [0.15, 0.2) is 55.9 Å². The first kappa shape index (κ1) is 27.3. The minimum Gasteiger partial charge on any atom is -0.506 e. The summed E-state index contributed by atoms with van der Waals surface area (Å²) < 4.78 is 15.4. The summed E-state index contributed by atoms with van der Waals surface area (Å²) in [4.78, 5) is 32.2. The number of halogens is 3. The molecule has 0 fully saturated rings. The third kappa shape index (κ3) is 5.29. The van der Waals surface area contributed by atoms with Crippen molar-refractivity contribution in [3.05, 3.63) is 84.0 Å². The Bertz CT molecular complexity index is 1590. The molecular weight excluding hydrogens is 774 g/mol. The number of allylic oxidation sites excluding steroid dienone is 1. The lowest BCUT2D eigenvalue weighted by atomic mass is 9.95. The summed E-state index contributed by atoms with van der Waals surface area (Å²) in [6.07, 6.45) is 1.31. The van der Waals surface area contributed by atoms with Crippen LogP contribution in [0.1, 0.15) is 37.9 Å². The number of rotatable bonds is 5. The van der Waals surface area contributed by atoms with Gasteiger partial charge in [-0.1, -0.05) is 27.3 Å². The van der Waals surface area contributed by atoms with Gasteiger partial charge in [-0.3, -0.25) is 9.36 Å². The van der Waals surface area contributed by atoms with Crippen molar-refractivity contribution in [3.8, 4) is 11.5 Å². The van der Waals surface area contributed by atoms with Gasteiger partial charge >= 0.3 is 5.97 Å². The molecule has 1 aliphatic heterocycles. The number of esters is 1. The van der Waals surface area contributed by atoms with Crippen LogP contribution in [0.25, 0.3) is 6.08 Å². The van der Waals surface area contributed by atoms with E-state index in [1.54, 1.807) is 40.0 Å². The SMILES string of the molecule is COc1ccc(Br)cc1[C@H]1C(C(=O)OC(C)C)=C(C)N=c2s/c(=C\c3cc(I)cc(I)c3O)c(=O)n21. The molecule has 0 saturated carbocycles. The number of phenolic OH excluding ortho intramolecular Hbond substituents is 1. The van der Waals surface area contributed by atoms with E-state index in [4.69, 9.17) is 9.47 Å².